The summed E-state index contributed by atoms with van der Waals surface area (Å²) >= 11 is 0. The first-order valence-electron chi connectivity index (χ1n) is 6.32. The first-order valence-corrected chi connectivity index (χ1v) is 6.32. The maximum atomic E-state index is 12.1. The van der Waals surface area contributed by atoms with Gasteiger partial charge in [0, 0.05) is 12.3 Å². The first-order chi connectivity index (χ1) is 8.99. The minimum Gasteiger partial charge on any atom is -0.450 e. The number of hydrogen-bond acceptors (Lipinski definition) is 3. The SMILES string of the molecule is CC1(C)OC(=O)C2=C1NC(=O)CC2c1ccccc1. The van der Waals surface area contributed by atoms with Crippen molar-refractivity contribution in [2.24, 2.45) is 0 Å². The van der Waals surface area contributed by atoms with Crippen molar-refractivity contribution in [2.45, 2.75) is 31.8 Å². The third-order valence-corrected chi connectivity index (χ3v) is 3.64. The van der Waals surface area contributed by atoms with Crippen molar-refractivity contribution in [3.8, 4) is 0 Å². The second-order valence-corrected chi connectivity index (χ2v) is 5.40. The van der Waals surface area contributed by atoms with E-state index in [4.69, 9.17) is 4.74 Å². The molecule has 0 spiro atoms. The van der Waals surface area contributed by atoms with E-state index in [0.717, 1.165) is 5.56 Å². The standard InChI is InChI=1S/C15H15NO3/c1-15(2)13-12(14(18)19-15)10(8-11(17)16-13)9-6-4-3-5-7-9/h3-7,10H,8H2,1-2H3,(H,16,17). The van der Waals surface area contributed by atoms with Gasteiger partial charge in [0.1, 0.15) is 5.60 Å². The van der Waals surface area contributed by atoms with Gasteiger partial charge in [-0.3, -0.25) is 4.79 Å². The smallest absolute Gasteiger partial charge is 0.337 e. The number of cyclic esters (lactones) is 1. The molecule has 0 fully saturated rings. The van der Waals surface area contributed by atoms with Crippen LogP contribution >= 0.6 is 0 Å². The van der Waals surface area contributed by atoms with Crippen molar-refractivity contribution in [2.75, 3.05) is 0 Å². The third kappa shape index (κ3) is 1.84. The highest BCUT2D eigenvalue weighted by Gasteiger charge is 2.47. The van der Waals surface area contributed by atoms with Crippen molar-refractivity contribution in [1.82, 2.24) is 5.32 Å². The van der Waals surface area contributed by atoms with Crippen LogP contribution in [0.1, 0.15) is 31.7 Å². The molecule has 0 saturated carbocycles. The van der Waals surface area contributed by atoms with Gasteiger partial charge in [-0.05, 0) is 19.4 Å². The predicted octanol–water partition coefficient (Wildman–Crippen LogP) is 1.88. The van der Waals surface area contributed by atoms with Gasteiger partial charge in [0.15, 0.2) is 0 Å². The number of hydrogen-bond donors (Lipinski definition) is 1. The summed E-state index contributed by atoms with van der Waals surface area (Å²) in [5, 5.41) is 2.79. The van der Waals surface area contributed by atoms with Gasteiger partial charge in [0.05, 0.1) is 11.3 Å². The fourth-order valence-electron chi connectivity index (χ4n) is 2.75. The maximum absolute atomic E-state index is 12.1. The van der Waals surface area contributed by atoms with Crippen LogP contribution in [-0.2, 0) is 14.3 Å². The Morgan fingerprint density at radius 1 is 1.21 bits per heavy atom. The summed E-state index contributed by atoms with van der Waals surface area (Å²) in [6.07, 6.45) is 0.286. The third-order valence-electron chi connectivity index (χ3n) is 3.64. The molecule has 1 atom stereocenters. The number of nitrogens with one attached hydrogen (secondary N) is 1. The highest BCUT2D eigenvalue weighted by molar-refractivity contribution is 5.99. The lowest BCUT2D eigenvalue weighted by molar-refractivity contribution is -0.144. The zero-order chi connectivity index (χ0) is 13.6. The summed E-state index contributed by atoms with van der Waals surface area (Å²) < 4.78 is 5.37. The van der Waals surface area contributed by atoms with Crippen molar-refractivity contribution in [1.29, 1.82) is 0 Å². The topological polar surface area (TPSA) is 55.4 Å². The molecule has 1 N–H and O–H groups in total. The summed E-state index contributed by atoms with van der Waals surface area (Å²) in [6, 6.07) is 9.61. The molecule has 4 heteroatoms. The molecule has 4 nitrogen and oxygen atoms in total. The van der Waals surface area contributed by atoms with E-state index in [1.165, 1.54) is 0 Å². The maximum Gasteiger partial charge on any atom is 0.337 e. The molecule has 0 aliphatic carbocycles. The van der Waals surface area contributed by atoms with E-state index in [0.29, 0.717) is 11.3 Å². The molecule has 0 bridgehead atoms. The van der Waals surface area contributed by atoms with E-state index in [1.54, 1.807) is 13.8 Å². The van der Waals surface area contributed by atoms with Crippen LogP contribution < -0.4 is 5.32 Å². The zero-order valence-corrected chi connectivity index (χ0v) is 10.9. The van der Waals surface area contributed by atoms with Crippen LogP contribution in [0.3, 0.4) is 0 Å². The van der Waals surface area contributed by atoms with Gasteiger partial charge in [-0.2, -0.15) is 0 Å². The Morgan fingerprint density at radius 2 is 1.89 bits per heavy atom. The summed E-state index contributed by atoms with van der Waals surface area (Å²) in [5.41, 5.74) is 1.42. The van der Waals surface area contributed by atoms with Crippen LogP contribution in [-0.4, -0.2) is 17.5 Å². The monoisotopic (exact) mass is 257 g/mol. The second-order valence-electron chi connectivity index (χ2n) is 5.40. The number of carbonyl (C=O) groups excluding carboxylic acids is 2. The van der Waals surface area contributed by atoms with Crippen LogP contribution in [0.5, 0.6) is 0 Å². The lowest BCUT2D eigenvalue weighted by Crippen LogP contribution is -2.38. The van der Waals surface area contributed by atoms with Gasteiger partial charge >= 0.3 is 5.97 Å². The van der Waals surface area contributed by atoms with E-state index in [-0.39, 0.29) is 24.2 Å². The molecular formula is C15H15NO3. The Labute approximate surface area is 111 Å². The van der Waals surface area contributed by atoms with E-state index in [2.05, 4.69) is 5.32 Å². The largest absolute Gasteiger partial charge is 0.450 e. The molecule has 3 rings (SSSR count). The van der Waals surface area contributed by atoms with Crippen LogP contribution in [0, 0.1) is 0 Å². The highest BCUT2D eigenvalue weighted by Crippen LogP contribution is 2.42. The Hall–Kier alpha value is -2.10. The van der Waals surface area contributed by atoms with Crippen LogP contribution in [0.2, 0.25) is 0 Å². The summed E-state index contributed by atoms with van der Waals surface area (Å²) in [7, 11) is 0. The minimum absolute atomic E-state index is 0.0704. The second kappa shape index (κ2) is 3.95. The summed E-state index contributed by atoms with van der Waals surface area (Å²) in [6.45, 7) is 3.59. The fourth-order valence-corrected chi connectivity index (χ4v) is 2.75. The van der Waals surface area contributed by atoms with Crippen molar-refractivity contribution in [3.63, 3.8) is 0 Å². The Kier molecular flexibility index (Phi) is 2.49. The average molecular weight is 257 g/mol. The Morgan fingerprint density at radius 3 is 2.58 bits per heavy atom. The summed E-state index contributed by atoms with van der Waals surface area (Å²) in [4.78, 5) is 24.0. The van der Waals surface area contributed by atoms with Gasteiger partial charge in [0.2, 0.25) is 5.91 Å². The predicted molar refractivity (Wildman–Crippen MR) is 69.1 cm³/mol. The number of ether oxygens (including phenoxy) is 1. The molecule has 1 aromatic carbocycles. The van der Waals surface area contributed by atoms with Crippen LogP contribution in [0.25, 0.3) is 0 Å². The van der Waals surface area contributed by atoms with E-state index >= 15 is 0 Å². The fraction of sp³-hybridized carbons (Fsp3) is 0.333. The zero-order valence-electron chi connectivity index (χ0n) is 10.9. The molecule has 0 aromatic heterocycles. The Balaban J connectivity index is 2.13. The van der Waals surface area contributed by atoms with Crippen molar-refractivity contribution in [3.05, 3.63) is 47.2 Å². The number of amides is 1. The highest BCUT2D eigenvalue weighted by atomic mass is 16.6. The van der Waals surface area contributed by atoms with Gasteiger partial charge in [-0.25, -0.2) is 4.79 Å². The average Bonchev–Trinajstić information content (AvgIpc) is 2.60. The number of benzene rings is 1. The number of rotatable bonds is 1. The van der Waals surface area contributed by atoms with E-state index in [9.17, 15) is 9.59 Å². The molecule has 2 aliphatic heterocycles. The normalized spacial score (nSPS) is 24.8. The molecule has 1 aromatic rings. The summed E-state index contributed by atoms with van der Waals surface area (Å²) in [5.74, 6) is -0.605. The van der Waals surface area contributed by atoms with E-state index < -0.39 is 5.60 Å². The molecule has 0 radical (unpaired) electrons. The molecule has 98 valence electrons. The van der Waals surface area contributed by atoms with Gasteiger partial charge in [0.25, 0.3) is 0 Å². The van der Waals surface area contributed by atoms with Crippen molar-refractivity contribution < 1.29 is 14.3 Å². The molecule has 2 heterocycles. The van der Waals surface area contributed by atoms with Gasteiger partial charge < -0.3 is 10.1 Å². The van der Waals surface area contributed by atoms with Gasteiger partial charge in [-0.1, -0.05) is 30.3 Å². The number of esters is 1. The molecular weight excluding hydrogens is 242 g/mol. The van der Waals surface area contributed by atoms with Gasteiger partial charge in [-0.15, -0.1) is 0 Å². The number of carbonyl (C=O) groups is 2. The molecule has 2 aliphatic rings. The molecule has 19 heavy (non-hydrogen) atoms. The minimum atomic E-state index is -0.754. The Bertz CT molecular complexity index is 587. The molecule has 1 unspecified atom stereocenters. The van der Waals surface area contributed by atoms with Crippen LogP contribution in [0.15, 0.2) is 41.6 Å². The van der Waals surface area contributed by atoms with E-state index in [1.807, 2.05) is 30.3 Å². The van der Waals surface area contributed by atoms with Crippen molar-refractivity contribution >= 4 is 11.9 Å². The molecule has 0 saturated heterocycles. The lowest BCUT2D eigenvalue weighted by atomic mass is 9.83. The molecule has 1 amide bonds. The first kappa shape index (κ1) is 12.0. The lowest BCUT2D eigenvalue weighted by Gasteiger charge is -2.27. The quantitative estimate of drug-likeness (QED) is 0.781. The van der Waals surface area contributed by atoms with Crippen LogP contribution in [0.4, 0.5) is 0 Å².